The summed E-state index contributed by atoms with van der Waals surface area (Å²) in [6, 6.07) is 0. The van der Waals surface area contributed by atoms with Crippen molar-refractivity contribution < 1.29 is 19.0 Å². The van der Waals surface area contributed by atoms with Crippen molar-refractivity contribution in [3.63, 3.8) is 0 Å². The molecule has 0 bridgehead atoms. The smallest absolute Gasteiger partial charge is 0.173 e. The molecule has 4 heteroatoms. The summed E-state index contributed by atoms with van der Waals surface area (Å²) < 4.78 is 19.8. The maximum atomic E-state index is 12.4. The Labute approximate surface area is 176 Å². The van der Waals surface area contributed by atoms with Gasteiger partial charge in [0.05, 0.1) is 24.9 Å². The SMILES string of the molecule is C[C@H]1CC(=O)C[C@@H]2O[C@@]3(C[C@@]21C)[C@@H](C)CC[C@H]1C(C)(C)C2(CC[C@@]13C)OCCO2. The molecule has 164 valence electrons. The first-order valence-electron chi connectivity index (χ1n) is 12.0. The molecule has 2 heterocycles. The van der Waals surface area contributed by atoms with E-state index in [2.05, 4.69) is 41.5 Å². The fraction of sp³-hybridized carbons (Fsp3) is 0.960. The van der Waals surface area contributed by atoms with Gasteiger partial charge in [-0.2, -0.15) is 0 Å². The van der Waals surface area contributed by atoms with Crippen molar-refractivity contribution in [2.45, 2.75) is 104 Å². The Hall–Kier alpha value is -0.450. The van der Waals surface area contributed by atoms with Gasteiger partial charge in [0.1, 0.15) is 5.78 Å². The predicted molar refractivity (Wildman–Crippen MR) is 111 cm³/mol. The van der Waals surface area contributed by atoms with Crippen LogP contribution in [0.3, 0.4) is 0 Å². The van der Waals surface area contributed by atoms with E-state index in [0.29, 0.717) is 43.2 Å². The van der Waals surface area contributed by atoms with Gasteiger partial charge in [0.25, 0.3) is 0 Å². The Morgan fingerprint density at radius 1 is 0.897 bits per heavy atom. The summed E-state index contributed by atoms with van der Waals surface area (Å²) in [5.41, 5.74) is -0.0145. The zero-order valence-electron chi connectivity index (χ0n) is 19.3. The minimum Gasteiger partial charge on any atom is -0.370 e. The molecule has 2 aliphatic heterocycles. The van der Waals surface area contributed by atoms with Crippen molar-refractivity contribution in [2.24, 2.45) is 34.0 Å². The second-order valence-electron chi connectivity index (χ2n) is 12.1. The van der Waals surface area contributed by atoms with Crippen LogP contribution >= 0.6 is 0 Å². The third-order valence-corrected chi connectivity index (χ3v) is 10.8. The van der Waals surface area contributed by atoms with Crippen molar-refractivity contribution in [2.75, 3.05) is 13.2 Å². The molecule has 0 unspecified atom stereocenters. The Bertz CT molecular complexity index is 710. The molecular weight excluding hydrogens is 364 g/mol. The molecule has 0 aromatic heterocycles. The van der Waals surface area contributed by atoms with Gasteiger partial charge in [0, 0.05) is 30.1 Å². The molecule has 29 heavy (non-hydrogen) atoms. The summed E-state index contributed by atoms with van der Waals surface area (Å²) in [7, 11) is 0. The van der Waals surface area contributed by atoms with Crippen molar-refractivity contribution in [1.29, 1.82) is 0 Å². The molecule has 3 aliphatic carbocycles. The highest BCUT2D eigenvalue weighted by Crippen LogP contribution is 2.72. The van der Waals surface area contributed by atoms with E-state index >= 15 is 0 Å². The second kappa shape index (κ2) is 6.07. The number of Topliss-reactive ketones (excluding diaryl/α,β-unsaturated/α-hetero) is 1. The molecule has 0 radical (unpaired) electrons. The van der Waals surface area contributed by atoms with Crippen LogP contribution in [-0.2, 0) is 19.0 Å². The highest BCUT2D eigenvalue weighted by Gasteiger charge is 2.73. The van der Waals surface area contributed by atoms with Gasteiger partial charge < -0.3 is 14.2 Å². The summed E-state index contributed by atoms with van der Waals surface area (Å²) in [6.07, 6.45) is 6.92. The maximum Gasteiger partial charge on any atom is 0.173 e. The molecule has 2 spiro atoms. The number of fused-ring (bicyclic) bond motifs is 3. The lowest BCUT2D eigenvalue weighted by molar-refractivity contribution is -0.321. The van der Waals surface area contributed by atoms with E-state index in [1.165, 1.54) is 12.8 Å². The van der Waals surface area contributed by atoms with Gasteiger partial charge in [-0.15, -0.1) is 0 Å². The van der Waals surface area contributed by atoms with Crippen LogP contribution in [0.4, 0.5) is 0 Å². The average Bonchev–Trinajstić information content (AvgIpc) is 3.23. The summed E-state index contributed by atoms with van der Waals surface area (Å²) in [5, 5.41) is 0. The Kier molecular flexibility index (Phi) is 4.28. The molecule has 0 aromatic rings. The number of hydrogen-bond donors (Lipinski definition) is 0. The van der Waals surface area contributed by atoms with E-state index in [9.17, 15) is 4.79 Å². The number of ether oxygens (including phenoxy) is 3. The van der Waals surface area contributed by atoms with Crippen LogP contribution in [0.15, 0.2) is 0 Å². The molecule has 5 rings (SSSR count). The third-order valence-electron chi connectivity index (χ3n) is 10.8. The zero-order valence-corrected chi connectivity index (χ0v) is 19.3. The van der Waals surface area contributed by atoms with Crippen LogP contribution in [0.2, 0.25) is 0 Å². The Morgan fingerprint density at radius 3 is 2.28 bits per heavy atom. The van der Waals surface area contributed by atoms with Crippen LogP contribution < -0.4 is 0 Å². The number of rotatable bonds is 0. The van der Waals surface area contributed by atoms with Gasteiger partial charge in [-0.05, 0) is 48.9 Å². The molecule has 5 fully saturated rings. The van der Waals surface area contributed by atoms with Crippen LogP contribution in [0.1, 0.15) is 86.5 Å². The molecule has 0 N–H and O–H groups in total. The monoisotopic (exact) mass is 404 g/mol. The highest BCUT2D eigenvalue weighted by atomic mass is 16.7. The first-order valence-corrected chi connectivity index (χ1v) is 12.0. The lowest BCUT2D eigenvalue weighted by atomic mass is 9.42. The first-order chi connectivity index (χ1) is 13.5. The van der Waals surface area contributed by atoms with Crippen LogP contribution in [-0.4, -0.2) is 36.5 Å². The van der Waals surface area contributed by atoms with Gasteiger partial charge >= 0.3 is 0 Å². The predicted octanol–water partition coefficient (Wildman–Crippen LogP) is 5.13. The molecule has 3 saturated carbocycles. The van der Waals surface area contributed by atoms with Crippen molar-refractivity contribution in [3.8, 4) is 0 Å². The largest absolute Gasteiger partial charge is 0.370 e. The van der Waals surface area contributed by atoms with Crippen molar-refractivity contribution in [3.05, 3.63) is 0 Å². The number of ketones is 1. The van der Waals surface area contributed by atoms with E-state index in [1.54, 1.807) is 0 Å². The minimum absolute atomic E-state index is 0.0525. The molecular formula is C25H40O4. The topological polar surface area (TPSA) is 44.8 Å². The standard InChI is InChI=1S/C25H40O4/c1-16-7-8-19-21(3,4)25(27-11-12-28-25)10-9-23(19,6)24(16)15-22(5)17(2)13-18(26)14-20(22)29-24/h16-17,19-20H,7-15H2,1-6H3/t16-,17-,19-,20-,22+,23-,24-/m0/s1. The molecule has 2 saturated heterocycles. The van der Waals surface area contributed by atoms with Gasteiger partial charge in [0.2, 0.25) is 0 Å². The Balaban J connectivity index is 1.57. The van der Waals surface area contributed by atoms with Crippen LogP contribution in [0.25, 0.3) is 0 Å². The number of hydrogen-bond acceptors (Lipinski definition) is 4. The summed E-state index contributed by atoms with van der Waals surface area (Å²) in [5.74, 6) is 1.36. The van der Waals surface area contributed by atoms with Gasteiger partial charge in [-0.3, -0.25) is 4.79 Å². The first kappa shape index (κ1) is 20.5. The van der Waals surface area contributed by atoms with Gasteiger partial charge in [-0.1, -0.05) is 41.5 Å². The maximum absolute atomic E-state index is 12.4. The number of carbonyl (C=O) groups excluding carboxylic acids is 1. The summed E-state index contributed by atoms with van der Waals surface area (Å²) in [6.45, 7) is 15.8. The molecule has 0 aromatic carbocycles. The van der Waals surface area contributed by atoms with Gasteiger partial charge in [0.15, 0.2) is 5.79 Å². The number of carbonyl (C=O) groups is 1. The van der Waals surface area contributed by atoms with E-state index < -0.39 is 5.79 Å². The van der Waals surface area contributed by atoms with E-state index in [0.717, 1.165) is 25.7 Å². The fourth-order valence-electron chi connectivity index (χ4n) is 8.72. The van der Waals surface area contributed by atoms with Gasteiger partial charge in [-0.25, -0.2) is 0 Å². The normalized spacial score (nSPS) is 53.2. The van der Waals surface area contributed by atoms with Crippen molar-refractivity contribution >= 4 is 5.78 Å². The lowest BCUT2D eigenvalue weighted by Gasteiger charge is -2.66. The molecule has 5 aliphatic rings. The van der Waals surface area contributed by atoms with Crippen LogP contribution in [0, 0.1) is 34.0 Å². The van der Waals surface area contributed by atoms with E-state index in [1.807, 2.05) is 0 Å². The van der Waals surface area contributed by atoms with Crippen molar-refractivity contribution in [1.82, 2.24) is 0 Å². The second-order valence-corrected chi connectivity index (χ2v) is 12.1. The quantitative estimate of drug-likeness (QED) is 0.561. The zero-order chi connectivity index (χ0) is 20.9. The third kappa shape index (κ3) is 2.35. The Morgan fingerprint density at radius 2 is 1.59 bits per heavy atom. The molecule has 7 atom stereocenters. The van der Waals surface area contributed by atoms with E-state index in [-0.39, 0.29) is 27.9 Å². The summed E-state index contributed by atoms with van der Waals surface area (Å²) >= 11 is 0. The highest BCUT2D eigenvalue weighted by molar-refractivity contribution is 5.80. The van der Waals surface area contributed by atoms with E-state index in [4.69, 9.17) is 14.2 Å². The molecule has 0 amide bonds. The van der Waals surface area contributed by atoms with Crippen LogP contribution in [0.5, 0.6) is 0 Å². The minimum atomic E-state index is -0.433. The average molecular weight is 405 g/mol. The molecule has 4 nitrogen and oxygen atoms in total. The lowest BCUT2D eigenvalue weighted by Crippen LogP contribution is -2.68. The summed E-state index contributed by atoms with van der Waals surface area (Å²) in [4.78, 5) is 12.4. The fourth-order valence-corrected chi connectivity index (χ4v) is 8.72.